The summed E-state index contributed by atoms with van der Waals surface area (Å²) in [5, 5.41) is 6.75. The topological polar surface area (TPSA) is 79.3 Å². The Bertz CT molecular complexity index is 389. The fraction of sp³-hybridized carbons (Fsp3) is 1.00. The first kappa shape index (κ1) is 15.3. The van der Waals surface area contributed by atoms with E-state index in [1.54, 1.807) is 0 Å². The second-order valence-corrected chi connectivity index (χ2v) is 8.18. The van der Waals surface area contributed by atoms with Crippen LogP contribution in [-0.4, -0.2) is 42.5 Å². The fourth-order valence-electron chi connectivity index (χ4n) is 5.74. The minimum Gasteiger partial charge on any atom is -0.316 e. The van der Waals surface area contributed by atoms with Crippen molar-refractivity contribution in [1.82, 2.24) is 15.5 Å². The average molecular weight is 307 g/mol. The van der Waals surface area contributed by atoms with Crippen LogP contribution in [0.25, 0.3) is 0 Å². The molecule has 2 saturated heterocycles. The molecule has 0 aromatic carbocycles. The molecule has 7 atom stereocenters. The molecule has 4 rings (SSSR count). The number of likely N-dealkylation sites (tertiary alicyclic amines) is 1. The minimum absolute atomic E-state index is 0.0602. The molecule has 5 nitrogen and oxygen atoms in total. The molecule has 0 aromatic rings. The molecule has 22 heavy (non-hydrogen) atoms. The van der Waals surface area contributed by atoms with Crippen LogP contribution in [-0.2, 0) is 0 Å². The third-order valence-electron chi connectivity index (χ3n) is 6.85. The molecular weight excluding hydrogens is 274 g/mol. The zero-order chi connectivity index (χ0) is 15.1. The number of rotatable bonds is 2. The molecule has 0 bridgehead atoms. The second kappa shape index (κ2) is 6.36. The van der Waals surface area contributed by atoms with E-state index in [1.165, 1.54) is 64.5 Å². The lowest BCUT2D eigenvalue weighted by Crippen LogP contribution is -2.70. The smallest absolute Gasteiger partial charge is 0.110 e. The molecule has 0 amide bonds. The molecule has 2 saturated carbocycles. The highest BCUT2D eigenvalue weighted by atomic mass is 15.3. The minimum atomic E-state index is -0.130. The predicted molar refractivity (Wildman–Crippen MR) is 88.8 cm³/mol. The first-order chi connectivity index (χ1) is 10.7. The van der Waals surface area contributed by atoms with Crippen LogP contribution in [0.15, 0.2) is 0 Å². The van der Waals surface area contributed by atoms with E-state index >= 15 is 0 Å². The third kappa shape index (κ3) is 2.94. The van der Waals surface area contributed by atoms with Gasteiger partial charge in [-0.15, -0.1) is 0 Å². The molecule has 2 aliphatic heterocycles. The van der Waals surface area contributed by atoms with Crippen molar-refractivity contribution in [2.24, 2.45) is 29.2 Å². The Morgan fingerprint density at radius 2 is 1.82 bits per heavy atom. The first-order valence-electron chi connectivity index (χ1n) is 9.48. The van der Waals surface area contributed by atoms with Gasteiger partial charge in [-0.2, -0.15) is 0 Å². The molecule has 6 N–H and O–H groups in total. The molecule has 2 aliphatic carbocycles. The Morgan fingerprint density at radius 1 is 0.955 bits per heavy atom. The fourth-order valence-corrected chi connectivity index (χ4v) is 5.74. The standard InChI is InChI=1S/C17H33N5/c18-16-13-9-11(5-6-14(13)20-17(19)21-16)10-22-8-7-12-3-1-2-4-15(12)22/h11-17,20-21H,1-10,18-19H2/t11-,12?,13?,14?,15?,16?,17?/m0/s1. The van der Waals surface area contributed by atoms with Crippen molar-refractivity contribution >= 4 is 0 Å². The lowest BCUT2D eigenvalue weighted by atomic mass is 9.75. The summed E-state index contributed by atoms with van der Waals surface area (Å²) in [6.07, 6.45) is 11.0. The predicted octanol–water partition coefficient (Wildman–Crippen LogP) is 0.756. The van der Waals surface area contributed by atoms with Gasteiger partial charge in [-0.25, -0.2) is 0 Å². The van der Waals surface area contributed by atoms with Crippen LogP contribution in [0.1, 0.15) is 51.4 Å². The van der Waals surface area contributed by atoms with Gasteiger partial charge < -0.3 is 11.5 Å². The van der Waals surface area contributed by atoms with Crippen molar-refractivity contribution in [2.45, 2.75) is 75.9 Å². The highest BCUT2D eigenvalue weighted by molar-refractivity contribution is 4.96. The molecule has 5 heteroatoms. The summed E-state index contributed by atoms with van der Waals surface area (Å²) >= 11 is 0. The second-order valence-electron chi connectivity index (χ2n) is 8.18. The van der Waals surface area contributed by atoms with E-state index in [9.17, 15) is 0 Å². The highest BCUT2D eigenvalue weighted by Crippen LogP contribution is 2.39. The summed E-state index contributed by atoms with van der Waals surface area (Å²) in [5.41, 5.74) is 12.3. The van der Waals surface area contributed by atoms with E-state index in [-0.39, 0.29) is 12.5 Å². The van der Waals surface area contributed by atoms with Crippen molar-refractivity contribution in [3.63, 3.8) is 0 Å². The zero-order valence-corrected chi connectivity index (χ0v) is 13.7. The van der Waals surface area contributed by atoms with E-state index in [0.717, 1.165) is 17.9 Å². The van der Waals surface area contributed by atoms with Crippen molar-refractivity contribution in [3.8, 4) is 0 Å². The molecule has 0 spiro atoms. The van der Waals surface area contributed by atoms with E-state index in [2.05, 4.69) is 15.5 Å². The van der Waals surface area contributed by atoms with Crippen LogP contribution in [0.5, 0.6) is 0 Å². The quantitative estimate of drug-likeness (QED) is 0.606. The van der Waals surface area contributed by atoms with Crippen molar-refractivity contribution < 1.29 is 0 Å². The van der Waals surface area contributed by atoms with Gasteiger partial charge in [0.15, 0.2) is 0 Å². The summed E-state index contributed by atoms with van der Waals surface area (Å²) in [4.78, 5) is 2.83. The lowest BCUT2D eigenvalue weighted by molar-refractivity contribution is 0.0722. The number of fused-ring (bicyclic) bond motifs is 2. The summed E-state index contributed by atoms with van der Waals surface area (Å²) in [6.45, 7) is 2.65. The van der Waals surface area contributed by atoms with Gasteiger partial charge >= 0.3 is 0 Å². The van der Waals surface area contributed by atoms with E-state index in [4.69, 9.17) is 11.5 Å². The molecule has 4 aliphatic rings. The van der Waals surface area contributed by atoms with E-state index < -0.39 is 0 Å². The Labute approximate surface area is 134 Å². The SMILES string of the molecule is NC1NC(N)C2C[C@@H](CN3CCC4CCCCC43)CCC2N1. The molecule has 0 radical (unpaired) electrons. The molecule has 2 heterocycles. The van der Waals surface area contributed by atoms with Gasteiger partial charge in [0, 0.05) is 24.5 Å². The van der Waals surface area contributed by atoms with E-state index in [0.29, 0.717) is 12.0 Å². The van der Waals surface area contributed by atoms with Gasteiger partial charge in [-0.1, -0.05) is 12.8 Å². The summed E-state index contributed by atoms with van der Waals surface area (Å²) < 4.78 is 0. The van der Waals surface area contributed by atoms with E-state index in [1.807, 2.05) is 0 Å². The first-order valence-corrected chi connectivity index (χ1v) is 9.48. The Kier molecular flexibility index (Phi) is 4.43. The summed E-state index contributed by atoms with van der Waals surface area (Å²) in [6, 6.07) is 1.42. The van der Waals surface area contributed by atoms with Crippen LogP contribution in [0.2, 0.25) is 0 Å². The number of nitrogens with zero attached hydrogens (tertiary/aromatic N) is 1. The molecule has 126 valence electrons. The Balaban J connectivity index is 1.34. The van der Waals surface area contributed by atoms with Gasteiger partial charge in [0.1, 0.15) is 6.29 Å². The number of nitrogens with two attached hydrogens (primary N) is 2. The van der Waals surface area contributed by atoms with Crippen LogP contribution >= 0.6 is 0 Å². The zero-order valence-electron chi connectivity index (χ0n) is 13.7. The largest absolute Gasteiger partial charge is 0.316 e. The third-order valence-corrected chi connectivity index (χ3v) is 6.85. The summed E-state index contributed by atoms with van der Waals surface area (Å²) in [7, 11) is 0. The number of hydrogen-bond acceptors (Lipinski definition) is 5. The van der Waals surface area contributed by atoms with Crippen molar-refractivity contribution in [1.29, 1.82) is 0 Å². The molecule has 4 fully saturated rings. The lowest BCUT2D eigenvalue weighted by Gasteiger charge is -2.47. The van der Waals surface area contributed by atoms with Gasteiger partial charge in [0.05, 0.1) is 6.17 Å². The van der Waals surface area contributed by atoms with Crippen LogP contribution in [0, 0.1) is 17.8 Å². The van der Waals surface area contributed by atoms with Gasteiger partial charge in [-0.3, -0.25) is 15.5 Å². The number of nitrogens with one attached hydrogen (secondary N) is 2. The van der Waals surface area contributed by atoms with Crippen LogP contribution in [0.4, 0.5) is 0 Å². The molecular formula is C17H33N5. The Morgan fingerprint density at radius 3 is 2.73 bits per heavy atom. The monoisotopic (exact) mass is 307 g/mol. The molecule has 0 aromatic heterocycles. The average Bonchev–Trinajstić information content (AvgIpc) is 2.91. The number of hydrogen-bond donors (Lipinski definition) is 4. The van der Waals surface area contributed by atoms with Gasteiger partial charge in [0.2, 0.25) is 0 Å². The maximum Gasteiger partial charge on any atom is 0.110 e. The normalized spacial score (nSPS) is 49.6. The van der Waals surface area contributed by atoms with Gasteiger partial charge in [0.25, 0.3) is 0 Å². The Hall–Kier alpha value is -0.200. The van der Waals surface area contributed by atoms with Crippen molar-refractivity contribution in [2.75, 3.05) is 13.1 Å². The maximum atomic E-state index is 6.31. The van der Waals surface area contributed by atoms with Gasteiger partial charge in [-0.05, 0) is 56.9 Å². The maximum absolute atomic E-state index is 6.31. The summed E-state index contributed by atoms with van der Waals surface area (Å²) in [5.74, 6) is 2.37. The van der Waals surface area contributed by atoms with Crippen molar-refractivity contribution in [3.05, 3.63) is 0 Å². The highest BCUT2D eigenvalue weighted by Gasteiger charge is 2.41. The van der Waals surface area contributed by atoms with Crippen LogP contribution < -0.4 is 22.1 Å². The van der Waals surface area contributed by atoms with Crippen LogP contribution in [0.3, 0.4) is 0 Å². The molecule has 6 unspecified atom stereocenters.